The summed E-state index contributed by atoms with van der Waals surface area (Å²) in [6.45, 7) is 5.55. The lowest BCUT2D eigenvalue weighted by Gasteiger charge is -2.41. The van der Waals surface area contributed by atoms with Crippen LogP contribution in [0.4, 0.5) is 0 Å². The van der Waals surface area contributed by atoms with Crippen LogP contribution in [0.5, 0.6) is 0 Å². The molecule has 1 aromatic rings. The maximum Gasteiger partial charge on any atom is 0.246 e. The van der Waals surface area contributed by atoms with Gasteiger partial charge in [-0.15, -0.1) is 0 Å². The highest BCUT2D eigenvalue weighted by molar-refractivity contribution is 5.96. The monoisotopic (exact) mass is 260 g/mol. The van der Waals surface area contributed by atoms with Crippen LogP contribution in [0.2, 0.25) is 0 Å². The second-order valence-electron chi connectivity index (χ2n) is 4.99. The molecule has 102 valence electrons. The molecule has 3 unspecified atom stereocenters. The summed E-state index contributed by atoms with van der Waals surface area (Å²) in [6.07, 6.45) is 0.792. The van der Waals surface area contributed by atoms with Crippen LogP contribution in [0.15, 0.2) is 30.3 Å². The van der Waals surface area contributed by atoms with Gasteiger partial charge in [0.15, 0.2) is 0 Å². The van der Waals surface area contributed by atoms with Crippen molar-refractivity contribution in [2.75, 3.05) is 0 Å². The second-order valence-corrected chi connectivity index (χ2v) is 4.99. The van der Waals surface area contributed by atoms with Gasteiger partial charge in [-0.25, -0.2) is 0 Å². The van der Waals surface area contributed by atoms with E-state index in [2.05, 4.69) is 5.32 Å². The first kappa shape index (κ1) is 13.6. The third-order valence-electron chi connectivity index (χ3n) is 3.69. The van der Waals surface area contributed by atoms with Gasteiger partial charge in [0.1, 0.15) is 12.1 Å². The number of nitrogens with zero attached hydrogens (tertiary/aromatic N) is 1. The lowest BCUT2D eigenvalue weighted by atomic mass is 9.98. The van der Waals surface area contributed by atoms with E-state index < -0.39 is 12.1 Å². The first-order valence-electron chi connectivity index (χ1n) is 6.73. The lowest BCUT2D eigenvalue weighted by molar-refractivity contribution is -0.151. The van der Waals surface area contributed by atoms with Crippen molar-refractivity contribution in [3.63, 3.8) is 0 Å². The minimum Gasteiger partial charge on any atom is -0.343 e. The SMILES string of the molecule is CCC(c1ccccc1)N1C(=O)C(C)NC(=O)C1C. The molecular weight excluding hydrogens is 240 g/mol. The Balaban J connectivity index is 2.35. The molecular formula is C15H20N2O2. The normalized spacial score (nSPS) is 25.1. The van der Waals surface area contributed by atoms with E-state index in [-0.39, 0.29) is 17.9 Å². The highest BCUT2D eigenvalue weighted by atomic mass is 16.2. The van der Waals surface area contributed by atoms with Crippen LogP contribution in [-0.2, 0) is 9.59 Å². The summed E-state index contributed by atoms with van der Waals surface area (Å²) < 4.78 is 0. The van der Waals surface area contributed by atoms with E-state index in [9.17, 15) is 9.59 Å². The van der Waals surface area contributed by atoms with Gasteiger partial charge < -0.3 is 10.2 Å². The molecule has 1 heterocycles. The van der Waals surface area contributed by atoms with Crippen molar-refractivity contribution in [2.24, 2.45) is 0 Å². The van der Waals surface area contributed by atoms with E-state index in [1.165, 1.54) is 0 Å². The zero-order valence-electron chi connectivity index (χ0n) is 11.6. The van der Waals surface area contributed by atoms with Crippen LogP contribution >= 0.6 is 0 Å². The van der Waals surface area contributed by atoms with Gasteiger partial charge in [0.05, 0.1) is 6.04 Å². The van der Waals surface area contributed by atoms with Gasteiger partial charge in [-0.2, -0.15) is 0 Å². The summed E-state index contributed by atoms with van der Waals surface area (Å²) in [5, 5.41) is 2.71. The largest absolute Gasteiger partial charge is 0.343 e. The van der Waals surface area contributed by atoms with Crippen LogP contribution in [0.25, 0.3) is 0 Å². The Bertz CT molecular complexity index is 472. The summed E-state index contributed by atoms with van der Waals surface area (Å²) in [5.41, 5.74) is 1.08. The molecule has 0 saturated carbocycles. The molecule has 3 atom stereocenters. The molecule has 19 heavy (non-hydrogen) atoms. The third-order valence-corrected chi connectivity index (χ3v) is 3.69. The molecule has 4 heteroatoms. The van der Waals surface area contributed by atoms with Crippen molar-refractivity contribution >= 4 is 11.8 Å². The molecule has 1 aliphatic heterocycles. The molecule has 0 bridgehead atoms. The molecule has 0 aliphatic carbocycles. The fraction of sp³-hybridized carbons (Fsp3) is 0.467. The van der Waals surface area contributed by atoms with Crippen molar-refractivity contribution in [1.82, 2.24) is 10.2 Å². The maximum absolute atomic E-state index is 12.4. The lowest BCUT2D eigenvalue weighted by Crippen LogP contribution is -2.62. The van der Waals surface area contributed by atoms with E-state index in [4.69, 9.17) is 0 Å². The van der Waals surface area contributed by atoms with Gasteiger partial charge in [0.2, 0.25) is 11.8 Å². The Labute approximate surface area is 113 Å². The van der Waals surface area contributed by atoms with Crippen molar-refractivity contribution in [3.8, 4) is 0 Å². The molecule has 1 aliphatic rings. The van der Waals surface area contributed by atoms with Gasteiger partial charge in [-0.05, 0) is 25.8 Å². The molecule has 1 aromatic carbocycles. The van der Waals surface area contributed by atoms with Crippen molar-refractivity contribution in [2.45, 2.75) is 45.3 Å². The van der Waals surface area contributed by atoms with E-state index >= 15 is 0 Å². The number of hydrogen-bond donors (Lipinski definition) is 1. The summed E-state index contributed by atoms with van der Waals surface area (Å²) in [4.78, 5) is 26.0. The summed E-state index contributed by atoms with van der Waals surface area (Å²) in [6, 6.07) is 8.97. The number of piperazine rings is 1. The molecule has 2 rings (SSSR count). The number of rotatable bonds is 3. The van der Waals surface area contributed by atoms with Crippen LogP contribution in [0, 0.1) is 0 Å². The summed E-state index contributed by atoms with van der Waals surface area (Å²) >= 11 is 0. The zero-order valence-corrected chi connectivity index (χ0v) is 11.6. The Hall–Kier alpha value is -1.84. The predicted molar refractivity (Wildman–Crippen MR) is 73.4 cm³/mol. The molecule has 2 amide bonds. The Morgan fingerprint density at radius 2 is 1.84 bits per heavy atom. The Morgan fingerprint density at radius 1 is 1.21 bits per heavy atom. The van der Waals surface area contributed by atoms with Crippen LogP contribution in [0.3, 0.4) is 0 Å². The number of benzene rings is 1. The zero-order chi connectivity index (χ0) is 14.0. The number of hydrogen-bond acceptors (Lipinski definition) is 2. The average molecular weight is 260 g/mol. The van der Waals surface area contributed by atoms with Crippen LogP contribution < -0.4 is 5.32 Å². The number of amides is 2. The summed E-state index contributed by atoms with van der Waals surface area (Å²) in [7, 11) is 0. The van der Waals surface area contributed by atoms with E-state index in [0.29, 0.717) is 0 Å². The van der Waals surface area contributed by atoms with E-state index in [0.717, 1.165) is 12.0 Å². The molecule has 4 nitrogen and oxygen atoms in total. The predicted octanol–water partition coefficient (Wildman–Crippen LogP) is 1.87. The Morgan fingerprint density at radius 3 is 2.42 bits per heavy atom. The first-order chi connectivity index (χ1) is 9.06. The van der Waals surface area contributed by atoms with Gasteiger partial charge in [0, 0.05) is 0 Å². The van der Waals surface area contributed by atoms with Crippen LogP contribution in [-0.4, -0.2) is 28.8 Å². The molecule has 0 spiro atoms. The smallest absolute Gasteiger partial charge is 0.246 e. The third kappa shape index (κ3) is 2.48. The quantitative estimate of drug-likeness (QED) is 0.902. The van der Waals surface area contributed by atoms with Gasteiger partial charge in [-0.1, -0.05) is 37.3 Å². The fourth-order valence-corrected chi connectivity index (χ4v) is 2.63. The minimum atomic E-state index is -0.443. The summed E-state index contributed by atoms with van der Waals surface area (Å²) in [5.74, 6) is -0.0933. The molecule has 1 N–H and O–H groups in total. The standard InChI is InChI=1S/C15H20N2O2/c1-4-13(12-8-6-5-7-9-12)17-11(3)14(18)16-10(2)15(17)19/h5-11,13H,4H2,1-3H3,(H,16,18). The topological polar surface area (TPSA) is 49.4 Å². The molecule has 1 fully saturated rings. The van der Waals surface area contributed by atoms with Crippen molar-refractivity contribution in [1.29, 1.82) is 0 Å². The molecule has 0 radical (unpaired) electrons. The molecule has 1 saturated heterocycles. The van der Waals surface area contributed by atoms with Crippen molar-refractivity contribution in [3.05, 3.63) is 35.9 Å². The average Bonchev–Trinajstić information content (AvgIpc) is 2.42. The maximum atomic E-state index is 12.4. The second kappa shape index (κ2) is 5.43. The Kier molecular flexibility index (Phi) is 3.88. The van der Waals surface area contributed by atoms with Gasteiger partial charge in [-0.3, -0.25) is 9.59 Å². The fourth-order valence-electron chi connectivity index (χ4n) is 2.63. The number of carbonyl (C=O) groups is 2. The number of carbonyl (C=O) groups excluding carboxylic acids is 2. The van der Waals surface area contributed by atoms with Crippen molar-refractivity contribution < 1.29 is 9.59 Å². The van der Waals surface area contributed by atoms with Gasteiger partial charge >= 0.3 is 0 Å². The highest BCUT2D eigenvalue weighted by Crippen LogP contribution is 2.28. The van der Waals surface area contributed by atoms with Gasteiger partial charge in [0.25, 0.3) is 0 Å². The first-order valence-corrected chi connectivity index (χ1v) is 6.73. The van der Waals surface area contributed by atoms with E-state index in [1.54, 1.807) is 18.7 Å². The number of nitrogens with one attached hydrogen (secondary N) is 1. The van der Waals surface area contributed by atoms with Crippen LogP contribution in [0.1, 0.15) is 38.8 Å². The highest BCUT2D eigenvalue weighted by Gasteiger charge is 2.39. The molecule has 0 aromatic heterocycles. The minimum absolute atomic E-state index is 0.0113. The van der Waals surface area contributed by atoms with E-state index in [1.807, 2.05) is 37.3 Å².